The van der Waals surface area contributed by atoms with Crippen molar-refractivity contribution in [2.75, 3.05) is 7.11 Å². The Morgan fingerprint density at radius 1 is 1.33 bits per heavy atom. The Bertz CT molecular complexity index is 416. The molecule has 1 N–H and O–H groups in total. The lowest BCUT2D eigenvalue weighted by atomic mass is 9.64. The summed E-state index contributed by atoms with van der Waals surface area (Å²) in [5.74, 6) is 0.551. The molecule has 0 heterocycles. The minimum Gasteiger partial charge on any atom is -0.410 e. The van der Waals surface area contributed by atoms with Crippen molar-refractivity contribution in [2.24, 2.45) is 5.41 Å². The van der Waals surface area contributed by atoms with E-state index in [1.807, 2.05) is 18.2 Å². The Hall–Kier alpha value is -1.55. The maximum Gasteiger partial charge on any atom is 0.412 e. The van der Waals surface area contributed by atoms with Crippen LogP contribution in [0.3, 0.4) is 0 Å². The van der Waals surface area contributed by atoms with E-state index in [-0.39, 0.29) is 17.6 Å². The van der Waals surface area contributed by atoms with Crippen molar-refractivity contribution in [2.45, 2.75) is 32.4 Å². The van der Waals surface area contributed by atoms with E-state index < -0.39 is 6.09 Å². The maximum atomic E-state index is 11.7. The molecule has 2 unspecified atom stereocenters. The topological polar surface area (TPSA) is 47.6 Å². The van der Waals surface area contributed by atoms with Crippen molar-refractivity contribution in [3.63, 3.8) is 0 Å². The summed E-state index contributed by atoms with van der Waals surface area (Å²) in [6.45, 7) is 4.16. The number of nitrogens with one attached hydrogen (secondary N) is 1. The van der Waals surface area contributed by atoms with Crippen LogP contribution in [0.15, 0.2) is 30.3 Å². The fourth-order valence-corrected chi connectivity index (χ4v) is 2.30. The van der Waals surface area contributed by atoms with Gasteiger partial charge in [-0.3, -0.25) is 0 Å². The van der Waals surface area contributed by atoms with Gasteiger partial charge >= 0.3 is 6.09 Å². The number of hydrogen-bond acceptors (Lipinski definition) is 3. The lowest BCUT2D eigenvalue weighted by Crippen LogP contribution is -2.62. The van der Waals surface area contributed by atoms with Crippen LogP contribution in [-0.2, 0) is 4.74 Å². The number of amides is 1. The molecule has 1 amide bonds. The van der Waals surface area contributed by atoms with Gasteiger partial charge in [0.15, 0.2) is 0 Å². The van der Waals surface area contributed by atoms with Crippen molar-refractivity contribution in [1.29, 1.82) is 0 Å². The van der Waals surface area contributed by atoms with Gasteiger partial charge in [0.25, 0.3) is 0 Å². The van der Waals surface area contributed by atoms with Crippen molar-refractivity contribution < 1.29 is 14.3 Å². The lowest BCUT2D eigenvalue weighted by molar-refractivity contribution is -0.0946. The summed E-state index contributed by atoms with van der Waals surface area (Å²) < 4.78 is 10.5. The van der Waals surface area contributed by atoms with E-state index in [1.54, 1.807) is 19.2 Å². The van der Waals surface area contributed by atoms with E-state index in [9.17, 15) is 4.79 Å². The average molecular weight is 249 g/mol. The first-order chi connectivity index (χ1) is 8.54. The summed E-state index contributed by atoms with van der Waals surface area (Å²) in [5, 5.41) is 2.88. The second kappa shape index (κ2) is 4.98. The van der Waals surface area contributed by atoms with Crippen molar-refractivity contribution in [3.8, 4) is 5.75 Å². The molecule has 0 radical (unpaired) electrons. The number of para-hydroxylation sites is 1. The summed E-state index contributed by atoms with van der Waals surface area (Å²) in [7, 11) is 1.70. The molecule has 0 aliphatic heterocycles. The molecule has 1 aliphatic rings. The van der Waals surface area contributed by atoms with E-state index in [2.05, 4.69) is 19.2 Å². The molecule has 18 heavy (non-hydrogen) atoms. The highest BCUT2D eigenvalue weighted by Crippen LogP contribution is 2.42. The van der Waals surface area contributed by atoms with Crippen LogP contribution in [-0.4, -0.2) is 25.3 Å². The molecule has 1 saturated carbocycles. The van der Waals surface area contributed by atoms with Crippen LogP contribution in [0.5, 0.6) is 5.75 Å². The number of benzene rings is 1. The molecule has 0 saturated heterocycles. The molecule has 1 aliphatic carbocycles. The molecule has 0 bridgehead atoms. The van der Waals surface area contributed by atoms with Gasteiger partial charge in [-0.05, 0) is 18.6 Å². The van der Waals surface area contributed by atoms with Gasteiger partial charge in [0.1, 0.15) is 5.75 Å². The molecule has 98 valence electrons. The molecule has 2 atom stereocenters. The zero-order valence-corrected chi connectivity index (χ0v) is 11.0. The number of rotatable bonds is 3. The molecular weight excluding hydrogens is 230 g/mol. The number of carbonyl (C=O) groups is 1. The van der Waals surface area contributed by atoms with E-state index in [4.69, 9.17) is 9.47 Å². The van der Waals surface area contributed by atoms with Crippen LogP contribution >= 0.6 is 0 Å². The van der Waals surface area contributed by atoms with Crippen LogP contribution < -0.4 is 10.1 Å². The molecular formula is C14H19NO3. The highest BCUT2D eigenvalue weighted by Gasteiger charge is 2.49. The first-order valence-electron chi connectivity index (χ1n) is 6.10. The van der Waals surface area contributed by atoms with Gasteiger partial charge in [-0.2, -0.15) is 0 Å². The zero-order valence-electron chi connectivity index (χ0n) is 11.0. The minimum atomic E-state index is -0.408. The lowest BCUT2D eigenvalue weighted by Gasteiger charge is -2.50. The van der Waals surface area contributed by atoms with Gasteiger partial charge in [0.05, 0.1) is 6.10 Å². The van der Waals surface area contributed by atoms with E-state index in [1.165, 1.54) is 0 Å². The molecule has 0 aromatic heterocycles. The van der Waals surface area contributed by atoms with Gasteiger partial charge < -0.3 is 14.8 Å². The second-order valence-corrected chi connectivity index (χ2v) is 5.18. The molecule has 4 nitrogen and oxygen atoms in total. The summed E-state index contributed by atoms with van der Waals surface area (Å²) >= 11 is 0. The average Bonchev–Trinajstić information content (AvgIpc) is 2.35. The Morgan fingerprint density at radius 2 is 2.00 bits per heavy atom. The molecule has 4 heteroatoms. The minimum absolute atomic E-state index is 0.0511. The van der Waals surface area contributed by atoms with Gasteiger partial charge in [0.2, 0.25) is 0 Å². The SMILES string of the molecule is COC1CC(NC(=O)Oc2ccccc2)C1(C)C. The van der Waals surface area contributed by atoms with Crippen molar-refractivity contribution >= 4 is 6.09 Å². The first-order valence-corrected chi connectivity index (χ1v) is 6.10. The van der Waals surface area contributed by atoms with E-state index in [0.29, 0.717) is 5.75 Å². The predicted octanol–water partition coefficient (Wildman–Crippen LogP) is 2.59. The standard InChI is InChI=1S/C14H19NO3/c1-14(2)11(9-12(14)17-3)15-13(16)18-10-7-5-4-6-8-10/h4-8,11-12H,9H2,1-3H3,(H,15,16). The Labute approximate surface area is 107 Å². The normalized spacial score (nSPS) is 25.1. The fraction of sp³-hybridized carbons (Fsp3) is 0.500. The number of ether oxygens (including phenoxy) is 2. The molecule has 2 rings (SSSR count). The summed E-state index contributed by atoms with van der Waals surface area (Å²) in [5.41, 5.74) is -0.0511. The molecule has 1 fully saturated rings. The van der Waals surface area contributed by atoms with Crippen LogP contribution in [0.1, 0.15) is 20.3 Å². The molecule has 1 aromatic rings. The third-order valence-corrected chi connectivity index (χ3v) is 3.71. The van der Waals surface area contributed by atoms with E-state index in [0.717, 1.165) is 6.42 Å². The number of methoxy groups -OCH3 is 1. The third-order valence-electron chi connectivity index (χ3n) is 3.71. The smallest absolute Gasteiger partial charge is 0.410 e. The first kappa shape index (κ1) is 12.9. The fourth-order valence-electron chi connectivity index (χ4n) is 2.30. The summed E-state index contributed by atoms with van der Waals surface area (Å²) in [4.78, 5) is 11.7. The zero-order chi connectivity index (χ0) is 13.2. The maximum absolute atomic E-state index is 11.7. The predicted molar refractivity (Wildman–Crippen MR) is 68.6 cm³/mol. The highest BCUT2D eigenvalue weighted by atomic mass is 16.6. The van der Waals surface area contributed by atoms with Crippen LogP contribution in [0.4, 0.5) is 4.79 Å². The van der Waals surface area contributed by atoms with Gasteiger partial charge in [0, 0.05) is 18.6 Å². The van der Waals surface area contributed by atoms with Gasteiger partial charge in [-0.1, -0.05) is 32.0 Å². The highest BCUT2D eigenvalue weighted by molar-refractivity contribution is 5.71. The summed E-state index contributed by atoms with van der Waals surface area (Å²) in [6, 6.07) is 9.14. The second-order valence-electron chi connectivity index (χ2n) is 5.18. The van der Waals surface area contributed by atoms with Crippen molar-refractivity contribution in [1.82, 2.24) is 5.32 Å². The quantitative estimate of drug-likeness (QED) is 0.895. The Morgan fingerprint density at radius 3 is 2.56 bits per heavy atom. The van der Waals surface area contributed by atoms with E-state index >= 15 is 0 Å². The third kappa shape index (κ3) is 2.48. The van der Waals surface area contributed by atoms with Crippen LogP contribution in [0.25, 0.3) is 0 Å². The number of hydrogen-bond donors (Lipinski definition) is 1. The Kier molecular flexibility index (Phi) is 3.57. The van der Waals surface area contributed by atoms with Crippen LogP contribution in [0.2, 0.25) is 0 Å². The Balaban J connectivity index is 1.86. The largest absolute Gasteiger partial charge is 0.412 e. The molecule has 1 aromatic carbocycles. The van der Waals surface area contributed by atoms with Gasteiger partial charge in [-0.25, -0.2) is 4.79 Å². The van der Waals surface area contributed by atoms with Crippen LogP contribution in [0, 0.1) is 5.41 Å². The monoisotopic (exact) mass is 249 g/mol. The van der Waals surface area contributed by atoms with Gasteiger partial charge in [-0.15, -0.1) is 0 Å². The summed E-state index contributed by atoms with van der Waals surface area (Å²) in [6.07, 6.45) is 0.612. The van der Waals surface area contributed by atoms with Crippen molar-refractivity contribution in [3.05, 3.63) is 30.3 Å². The number of carbonyl (C=O) groups excluding carboxylic acids is 1. The molecule has 0 spiro atoms.